The first kappa shape index (κ1) is 9.12. The highest BCUT2D eigenvalue weighted by Gasteiger charge is 2.30. The summed E-state index contributed by atoms with van der Waals surface area (Å²) in [5.41, 5.74) is 0.663. The molecule has 0 amide bonds. The van der Waals surface area contributed by atoms with Crippen molar-refractivity contribution in [3.8, 4) is 0 Å². The van der Waals surface area contributed by atoms with Gasteiger partial charge in [-0.2, -0.15) is 15.0 Å². The molecule has 0 radical (unpaired) electrons. The highest BCUT2D eigenvalue weighted by Crippen LogP contribution is 2.32. The molecule has 0 aliphatic heterocycles. The van der Waals surface area contributed by atoms with E-state index in [2.05, 4.69) is 10.2 Å². The van der Waals surface area contributed by atoms with Gasteiger partial charge < -0.3 is 0 Å². The van der Waals surface area contributed by atoms with Gasteiger partial charge in [0, 0.05) is 11.5 Å². The second-order valence-corrected chi connectivity index (χ2v) is 4.20. The Bertz CT molecular complexity index is 376. The third-order valence-corrected chi connectivity index (χ3v) is 2.65. The lowest BCUT2D eigenvalue weighted by molar-refractivity contribution is -0.122. The minimum atomic E-state index is -0.226. The smallest absolute Gasteiger partial charge is 0.163 e. The summed E-state index contributed by atoms with van der Waals surface area (Å²) in [7, 11) is 0. The number of carbonyl (C=O) groups excluding carboxylic acids is 1. The van der Waals surface area contributed by atoms with Gasteiger partial charge in [0.15, 0.2) is 5.78 Å². The summed E-state index contributed by atoms with van der Waals surface area (Å²) < 4.78 is 0. The number of ketones is 1. The van der Waals surface area contributed by atoms with Crippen molar-refractivity contribution in [2.45, 2.75) is 26.7 Å². The summed E-state index contributed by atoms with van der Waals surface area (Å²) in [6.45, 7) is 3.94. The van der Waals surface area contributed by atoms with Crippen LogP contribution in [0.4, 0.5) is 0 Å². The predicted molar refractivity (Wildman–Crippen MR) is 52.3 cm³/mol. The summed E-state index contributed by atoms with van der Waals surface area (Å²) in [5.74, 6) is 0.163. The maximum absolute atomic E-state index is 11.7. The fraction of sp³-hybridized carbons (Fsp3) is 0.500. The van der Waals surface area contributed by atoms with E-state index in [-0.39, 0.29) is 11.2 Å². The molecule has 1 aromatic heterocycles. The molecule has 1 aliphatic rings. The van der Waals surface area contributed by atoms with E-state index < -0.39 is 0 Å². The van der Waals surface area contributed by atoms with E-state index in [1.165, 1.54) is 4.80 Å². The van der Waals surface area contributed by atoms with E-state index in [0.29, 0.717) is 0 Å². The molecule has 0 saturated carbocycles. The van der Waals surface area contributed by atoms with E-state index in [1.807, 2.05) is 13.8 Å². The van der Waals surface area contributed by atoms with Crippen molar-refractivity contribution in [1.82, 2.24) is 15.0 Å². The second kappa shape index (κ2) is 3.04. The molecule has 4 heteroatoms. The minimum Gasteiger partial charge on any atom is -0.294 e. The Labute approximate surface area is 82.6 Å². The third-order valence-electron chi connectivity index (χ3n) is 2.65. The SMILES string of the molecule is CC1(C)CCC(n2nccn2)=CC1=O. The quantitative estimate of drug-likeness (QED) is 0.676. The predicted octanol–water partition coefficient (Wildman–Crippen LogP) is 1.51. The van der Waals surface area contributed by atoms with Crippen molar-refractivity contribution in [3.63, 3.8) is 0 Å². The van der Waals surface area contributed by atoms with Gasteiger partial charge in [-0.25, -0.2) is 0 Å². The van der Waals surface area contributed by atoms with Gasteiger partial charge in [0.1, 0.15) is 0 Å². The topological polar surface area (TPSA) is 47.8 Å². The first-order valence-electron chi connectivity index (χ1n) is 4.71. The summed E-state index contributed by atoms with van der Waals surface area (Å²) >= 11 is 0. The van der Waals surface area contributed by atoms with Gasteiger partial charge in [0.05, 0.1) is 18.1 Å². The lowest BCUT2D eigenvalue weighted by Gasteiger charge is -2.26. The zero-order chi connectivity index (χ0) is 10.2. The van der Waals surface area contributed by atoms with Crippen LogP contribution in [0.5, 0.6) is 0 Å². The maximum atomic E-state index is 11.7. The van der Waals surface area contributed by atoms with Crippen LogP contribution in [-0.2, 0) is 4.79 Å². The molecule has 0 unspecified atom stereocenters. The zero-order valence-electron chi connectivity index (χ0n) is 8.40. The van der Waals surface area contributed by atoms with Crippen LogP contribution in [0.15, 0.2) is 18.5 Å². The van der Waals surface area contributed by atoms with E-state index in [0.717, 1.165) is 18.5 Å². The van der Waals surface area contributed by atoms with E-state index in [4.69, 9.17) is 0 Å². The van der Waals surface area contributed by atoms with Crippen molar-refractivity contribution in [2.24, 2.45) is 5.41 Å². The summed E-state index contributed by atoms with van der Waals surface area (Å²) in [6, 6.07) is 0. The highest BCUT2D eigenvalue weighted by molar-refractivity contribution is 5.99. The van der Waals surface area contributed by atoms with Gasteiger partial charge in [-0.1, -0.05) is 13.8 Å². The average Bonchev–Trinajstić information content (AvgIpc) is 2.62. The molecule has 0 aromatic carbocycles. The zero-order valence-corrected chi connectivity index (χ0v) is 8.40. The van der Waals surface area contributed by atoms with Crippen molar-refractivity contribution in [2.75, 3.05) is 0 Å². The van der Waals surface area contributed by atoms with E-state index in [9.17, 15) is 4.79 Å². The molecule has 1 aromatic rings. The molecule has 0 bridgehead atoms. The molecule has 0 N–H and O–H groups in total. The fourth-order valence-corrected chi connectivity index (χ4v) is 1.50. The molecule has 0 spiro atoms. The van der Waals surface area contributed by atoms with Gasteiger partial charge in [-0.15, -0.1) is 0 Å². The van der Waals surface area contributed by atoms with Crippen LogP contribution >= 0.6 is 0 Å². The van der Waals surface area contributed by atoms with Crippen LogP contribution < -0.4 is 0 Å². The summed E-state index contributed by atoms with van der Waals surface area (Å²) in [5, 5.41) is 8.01. The minimum absolute atomic E-state index is 0.163. The molecule has 0 fully saturated rings. The second-order valence-electron chi connectivity index (χ2n) is 4.20. The van der Waals surface area contributed by atoms with Gasteiger partial charge in [0.2, 0.25) is 0 Å². The van der Waals surface area contributed by atoms with Crippen LogP contribution in [-0.4, -0.2) is 20.8 Å². The number of carbonyl (C=O) groups is 1. The Balaban J connectivity index is 2.30. The molecule has 1 heterocycles. The molecular formula is C10H13N3O. The van der Waals surface area contributed by atoms with Crippen molar-refractivity contribution in [1.29, 1.82) is 0 Å². The molecule has 0 atom stereocenters. The van der Waals surface area contributed by atoms with Crippen LogP contribution in [0.3, 0.4) is 0 Å². The third kappa shape index (κ3) is 1.47. The summed E-state index contributed by atoms with van der Waals surface area (Å²) in [4.78, 5) is 13.2. The first-order valence-corrected chi connectivity index (χ1v) is 4.71. The maximum Gasteiger partial charge on any atom is 0.163 e. The number of aromatic nitrogens is 3. The molecule has 14 heavy (non-hydrogen) atoms. The number of hydrogen-bond acceptors (Lipinski definition) is 3. The van der Waals surface area contributed by atoms with Crippen LogP contribution in [0.1, 0.15) is 26.7 Å². The average molecular weight is 191 g/mol. The Kier molecular flexibility index (Phi) is 1.98. The van der Waals surface area contributed by atoms with Crippen LogP contribution in [0, 0.1) is 5.41 Å². The summed E-state index contributed by atoms with van der Waals surface area (Å²) in [6.07, 6.45) is 6.60. The number of hydrogen-bond donors (Lipinski definition) is 0. The van der Waals surface area contributed by atoms with E-state index in [1.54, 1.807) is 18.5 Å². The molecule has 4 nitrogen and oxygen atoms in total. The van der Waals surface area contributed by atoms with Gasteiger partial charge in [-0.3, -0.25) is 4.79 Å². The van der Waals surface area contributed by atoms with Gasteiger partial charge >= 0.3 is 0 Å². The van der Waals surface area contributed by atoms with Crippen molar-refractivity contribution >= 4 is 11.5 Å². The highest BCUT2D eigenvalue weighted by atomic mass is 16.1. The fourth-order valence-electron chi connectivity index (χ4n) is 1.50. The standard InChI is InChI=1S/C10H13N3O/c1-10(2)4-3-8(7-9(10)14)13-11-5-6-12-13/h5-7H,3-4H2,1-2H3. The number of allylic oxidation sites excluding steroid dienone is 2. The lowest BCUT2D eigenvalue weighted by atomic mass is 9.79. The van der Waals surface area contributed by atoms with Crippen molar-refractivity contribution in [3.05, 3.63) is 18.5 Å². The Morgan fingerprint density at radius 1 is 1.36 bits per heavy atom. The largest absolute Gasteiger partial charge is 0.294 e. The molecule has 2 rings (SSSR count). The van der Waals surface area contributed by atoms with Crippen LogP contribution in [0.25, 0.3) is 5.70 Å². The molecular weight excluding hydrogens is 178 g/mol. The van der Waals surface area contributed by atoms with Gasteiger partial charge in [-0.05, 0) is 12.8 Å². The molecule has 0 saturated heterocycles. The Morgan fingerprint density at radius 3 is 2.57 bits per heavy atom. The monoisotopic (exact) mass is 191 g/mol. The van der Waals surface area contributed by atoms with Crippen LogP contribution in [0.2, 0.25) is 0 Å². The number of nitrogens with zero attached hydrogens (tertiary/aromatic N) is 3. The Hall–Kier alpha value is -1.45. The first-order chi connectivity index (χ1) is 6.59. The molecule has 1 aliphatic carbocycles. The molecule has 74 valence electrons. The Morgan fingerprint density at radius 2 is 2.00 bits per heavy atom. The van der Waals surface area contributed by atoms with E-state index >= 15 is 0 Å². The normalized spacial score (nSPS) is 20.7. The lowest BCUT2D eigenvalue weighted by Crippen LogP contribution is -2.27. The number of rotatable bonds is 1. The van der Waals surface area contributed by atoms with Gasteiger partial charge in [0.25, 0.3) is 0 Å². The van der Waals surface area contributed by atoms with Crippen molar-refractivity contribution < 1.29 is 4.79 Å².